The van der Waals surface area contributed by atoms with Crippen LogP contribution in [-0.2, 0) is 0 Å². The minimum atomic E-state index is 0.444. The van der Waals surface area contributed by atoms with Crippen LogP contribution in [0, 0.1) is 23.7 Å². The van der Waals surface area contributed by atoms with Gasteiger partial charge in [0.25, 0.3) is 0 Å². The van der Waals surface area contributed by atoms with Gasteiger partial charge < -0.3 is 5.32 Å². The van der Waals surface area contributed by atoms with E-state index in [1.165, 1.54) is 32.1 Å². The zero-order valence-electron chi connectivity index (χ0n) is 11.4. The molecule has 1 N–H and O–H groups in total. The van der Waals surface area contributed by atoms with Gasteiger partial charge in [0.1, 0.15) is 0 Å². The second kappa shape index (κ2) is 5.44. The van der Waals surface area contributed by atoms with Crippen molar-refractivity contribution in [3.05, 3.63) is 29.3 Å². The van der Waals surface area contributed by atoms with Crippen molar-refractivity contribution in [2.75, 3.05) is 11.9 Å². The molecule has 1 aliphatic carbocycles. The fraction of sp³-hybridized carbons (Fsp3) is 0.562. The number of anilines is 1. The number of nitrogens with one attached hydrogen (secondary N) is 1. The standard InChI is InChI=1S/C16H22N2/c1-13-10-15(7-6-14(13)11-17)18-12-16(2)8-4-3-5-9-16/h6-7,10,18H,3-5,8-9,12H2,1-2H3. The van der Waals surface area contributed by atoms with Crippen molar-refractivity contribution in [3.63, 3.8) is 0 Å². The summed E-state index contributed by atoms with van der Waals surface area (Å²) in [6.07, 6.45) is 6.78. The van der Waals surface area contributed by atoms with E-state index in [0.29, 0.717) is 5.41 Å². The lowest BCUT2D eigenvalue weighted by atomic mass is 9.76. The molecule has 2 heteroatoms. The molecule has 0 bridgehead atoms. The number of aryl methyl sites for hydroxylation is 1. The predicted molar refractivity (Wildman–Crippen MR) is 75.6 cm³/mol. The zero-order valence-corrected chi connectivity index (χ0v) is 11.4. The lowest BCUT2D eigenvalue weighted by Crippen LogP contribution is -2.28. The molecule has 2 rings (SSSR count). The van der Waals surface area contributed by atoms with Crippen molar-refractivity contribution in [2.24, 2.45) is 5.41 Å². The third kappa shape index (κ3) is 3.04. The molecule has 0 heterocycles. The molecule has 0 amide bonds. The van der Waals surface area contributed by atoms with Crippen molar-refractivity contribution in [1.29, 1.82) is 5.26 Å². The summed E-state index contributed by atoms with van der Waals surface area (Å²) in [7, 11) is 0. The third-order valence-electron chi connectivity index (χ3n) is 4.13. The van der Waals surface area contributed by atoms with E-state index in [9.17, 15) is 0 Å². The van der Waals surface area contributed by atoms with Crippen LogP contribution >= 0.6 is 0 Å². The van der Waals surface area contributed by atoms with Crippen molar-refractivity contribution in [3.8, 4) is 6.07 Å². The summed E-state index contributed by atoms with van der Waals surface area (Å²) >= 11 is 0. The van der Waals surface area contributed by atoms with Crippen LogP contribution in [-0.4, -0.2) is 6.54 Å². The maximum absolute atomic E-state index is 8.91. The van der Waals surface area contributed by atoms with Gasteiger partial charge in [-0.2, -0.15) is 5.26 Å². The quantitative estimate of drug-likeness (QED) is 0.860. The van der Waals surface area contributed by atoms with Gasteiger partial charge in [-0.25, -0.2) is 0 Å². The molecule has 1 aromatic carbocycles. The van der Waals surface area contributed by atoms with E-state index < -0.39 is 0 Å². The van der Waals surface area contributed by atoms with Crippen LogP contribution in [0.2, 0.25) is 0 Å². The fourth-order valence-electron chi connectivity index (χ4n) is 2.80. The summed E-state index contributed by atoms with van der Waals surface area (Å²) in [5, 5.41) is 12.5. The largest absolute Gasteiger partial charge is 0.384 e. The van der Waals surface area contributed by atoms with Crippen molar-refractivity contribution in [2.45, 2.75) is 46.0 Å². The van der Waals surface area contributed by atoms with E-state index >= 15 is 0 Å². The molecule has 1 fully saturated rings. The molecule has 0 spiro atoms. The van der Waals surface area contributed by atoms with Crippen molar-refractivity contribution >= 4 is 5.69 Å². The second-order valence-corrected chi connectivity index (χ2v) is 5.87. The van der Waals surface area contributed by atoms with E-state index in [0.717, 1.165) is 23.4 Å². The van der Waals surface area contributed by atoms with E-state index in [1.54, 1.807) is 0 Å². The topological polar surface area (TPSA) is 35.8 Å². The smallest absolute Gasteiger partial charge is 0.0994 e. The number of benzene rings is 1. The Bertz CT molecular complexity index is 451. The Kier molecular flexibility index (Phi) is 3.91. The lowest BCUT2D eigenvalue weighted by Gasteiger charge is -2.34. The van der Waals surface area contributed by atoms with Gasteiger partial charge in [0, 0.05) is 12.2 Å². The SMILES string of the molecule is Cc1cc(NCC2(C)CCCCC2)ccc1C#N. The number of rotatable bonds is 3. The highest BCUT2D eigenvalue weighted by molar-refractivity contribution is 5.51. The van der Waals surface area contributed by atoms with Gasteiger partial charge >= 0.3 is 0 Å². The molecule has 0 radical (unpaired) electrons. The summed E-state index contributed by atoms with van der Waals surface area (Å²) < 4.78 is 0. The summed E-state index contributed by atoms with van der Waals surface area (Å²) in [4.78, 5) is 0. The maximum atomic E-state index is 8.91. The molecule has 0 aromatic heterocycles. The van der Waals surface area contributed by atoms with E-state index in [4.69, 9.17) is 5.26 Å². The molecule has 0 aliphatic heterocycles. The Labute approximate surface area is 110 Å². The van der Waals surface area contributed by atoms with E-state index in [2.05, 4.69) is 24.4 Å². The molecule has 1 saturated carbocycles. The van der Waals surface area contributed by atoms with Gasteiger partial charge in [-0.15, -0.1) is 0 Å². The second-order valence-electron chi connectivity index (χ2n) is 5.87. The van der Waals surface area contributed by atoms with Gasteiger partial charge in [0.05, 0.1) is 11.6 Å². The van der Waals surface area contributed by atoms with Gasteiger partial charge in [-0.05, 0) is 48.9 Å². The molecule has 0 unspecified atom stereocenters. The Morgan fingerprint density at radius 1 is 1.28 bits per heavy atom. The molecular formula is C16H22N2. The number of nitrogens with zero attached hydrogens (tertiary/aromatic N) is 1. The minimum Gasteiger partial charge on any atom is -0.384 e. The zero-order chi connectivity index (χ0) is 13.0. The van der Waals surface area contributed by atoms with Crippen LogP contribution in [0.5, 0.6) is 0 Å². The highest BCUT2D eigenvalue weighted by Gasteiger charge is 2.26. The first-order chi connectivity index (χ1) is 8.63. The Morgan fingerprint density at radius 2 is 2.00 bits per heavy atom. The third-order valence-corrected chi connectivity index (χ3v) is 4.13. The Morgan fingerprint density at radius 3 is 2.61 bits per heavy atom. The average Bonchev–Trinajstić information content (AvgIpc) is 2.38. The van der Waals surface area contributed by atoms with Gasteiger partial charge in [-0.1, -0.05) is 26.2 Å². The van der Waals surface area contributed by atoms with E-state index in [1.807, 2.05) is 19.1 Å². The highest BCUT2D eigenvalue weighted by atomic mass is 14.9. The Balaban J connectivity index is 1.98. The summed E-state index contributed by atoms with van der Waals surface area (Å²) in [5.41, 5.74) is 3.40. The van der Waals surface area contributed by atoms with Crippen molar-refractivity contribution < 1.29 is 0 Å². The number of hydrogen-bond donors (Lipinski definition) is 1. The van der Waals surface area contributed by atoms with Crippen LogP contribution < -0.4 is 5.32 Å². The first kappa shape index (κ1) is 13.0. The average molecular weight is 242 g/mol. The lowest BCUT2D eigenvalue weighted by molar-refractivity contribution is 0.233. The maximum Gasteiger partial charge on any atom is 0.0994 e. The summed E-state index contributed by atoms with van der Waals surface area (Å²) in [5.74, 6) is 0. The van der Waals surface area contributed by atoms with Crippen LogP contribution in [0.1, 0.15) is 50.2 Å². The molecule has 0 atom stereocenters. The van der Waals surface area contributed by atoms with Crippen molar-refractivity contribution in [1.82, 2.24) is 0 Å². The fourth-order valence-corrected chi connectivity index (χ4v) is 2.80. The Hall–Kier alpha value is -1.49. The summed E-state index contributed by atoms with van der Waals surface area (Å²) in [6, 6.07) is 8.20. The highest BCUT2D eigenvalue weighted by Crippen LogP contribution is 2.35. The number of nitriles is 1. The molecule has 2 nitrogen and oxygen atoms in total. The first-order valence-corrected chi connectivity index (χ1v) is 6.88. The molecule has 18 heavy (non-hydrogen) atoms. The van der Waals surface area contributed by atoms with Gasteiger partial charge in [0.15, 0.2) is 0 Å². The first-order valence-electron chi connectivity index (χ1n) is 6.88. The predicted octanol–water partition coefficient (Wildman–Crippen LogP) is 4.25. The molecule has 96 valence electrons. The number of hydrogen-bond acceptors (Lipinski definition) is 2. The molecule has 1 aliphatic rings. The summed E-state index contributed by atoms with van der Waals surface area (Å²) in [6.45, 7) is 5.42. The van der Waals surface area contributed by atoms with Crippen LogP contribution in [0.3, 0.4) is 0 Å². The van der Waals surface area contributed by atoms with Crippen LogP contribution in [0.4, 0.5) is 5.69 Å². The van der Waals surface area contributed by atoms with Crippen LogP contribution in [0.15, 0.2) is 18.2 Å². The normalized spacial score (nSPS) is 18.1. The van der Waals surface area contributed by atoms with Crippen LogP contribution in [0.25, 0.3) is 0 Å². The monoisotopic (exact) mass is 242 g/mol. The molecular weight excluding hydrogens is 220 g/mol. The van der Waals surface area contributed by atoms with E-state index in [-0.39, 0.29) is 0 Å². The molecule has 1 aromatic rings. The van der Waals surface area contributed by atoms with Gasteiger partial charge in [-0.3, -0.25) is 0 Å². The van der Waals surface area contributed by atoms with Gasteiger partial charge in [0.2, 0.25) is 0 Å². The minimum absolute atomic E-state index is 0.444. The molecule has 0 saturated heterocycles.